The zero-order valence-electron chi connectivity index (χ0n) is 16.3. The van der Waals surface area contributed by atoms with Crippen molar-refractivity contribution < 1.29 is 18.7 Å². The van der Waals surface area contributed by atoms with Crippen molar-refractivity contribution in [3.8, 4) is 0 Å². The molecule has 4 heteroatoms. The number of rotatable bonds is 3. The molecule has 0 radical (unpaired) electrons. The van der Waals surface area contributed by atoms with Gasteiger partial charge in [0.25, 0.3) is 0 Å². The number of hydrogen-bond donors (Lipinski definition) is 0. The van der Waals surface area contributed by atoms with Crippen LogP contribution in [0.1, 0.15) is 81.3 Å². The topological polar surface area (TPSA) is 35.5 Å². The molecule has 0 unspecified atom stereocenters. The third-order valence-corrected chi connectivity index (χ3v) is 6.73. The minimum atomic E-state index is -0.0816. The molecule has 4 rings (SSSR count). The van der Waals surface area contributed by atoms with Gasteiger partial charge < -0.3 is 9.47 Å². The van der Waals surface area contributed by atoms with E-state index in [9.17, 15) is 9.18 Å². The summed E-state index contributed by atoms with van der Waals surface area (Å²) in [7, 11) is 0. The monoisotopic (exact) mass is 374 g/mol. The predicted octanol–water partition coefficient (Wildman–Crippen LogP) is 5.34. The van der Waals surface area contributed by atoms with Crippen molar-refractivity contribution in [2.75, 3.05) is 13.2 Å². The van der Waals surface area contributed by atoms with Crippen LogP contribution in [0.3, 0.4) is 0 Å². The van der Waals surface area contributed by atoms with Gasteiger partial charge >= 0.3 is 0 Å². The Morgan fingerprint density at radius 2 is 1.59 bits per heavy atom. The van der Waals surface area contributed by atoms with Gasteiger partial charge in [0, 0.05) is 24.7 Å². The molecule has 1 aromatic carbocycles. The molecule has 0 N–H and O–H groups in total. The Kier molecular flexibility index (Phi) is 5.93. The van der Waals surface area contributed by atoms with Crippen LogP contribution in [-0.4, -0.2) is 25.3 Å². The molecule has 3 aliphatic rings. The van der Waals surface area contributed by atoms with Gasteiger partial charge in [-0.1, -0.05) is 19.1 Å². The lowest BCUT2D eigenvalue weighted by molar-refractivity contribution is -0.226. The van der Waals surface area contributed by atoms with Crippen molar-refractivity contribution in [2.24, 2.45) is 11.8 Å². The lowest BCUT2D eigenvalue weighted by Gasteiger charge is -2.37. The Hall–Kier alpha value is -1.26. The van der Waals surface area contributed by atoms with E-state index in [-0.39, 0.29) is 18.0 Å². The molecule has 1 saturated heterocycles. The van der Waals surface area contributed by atoms with Crippen molar-refractivity contribution >= 4 is 5.78 Å². The summed E-state index contributed by atoms with van der Waals surface area (Å²) in [4.78, 5) is 11.4. The largest absolute Gasteiger partial charge is 0.352 e. The molecule has 0 spiro atoms. The maximum Gasteiger partial charge on any atom is 0.160 e. The van der Waals surface area contributed by atoms with E-state index in [0.29, 0.717) is 36.4 Å². The Morgan fingerprint density at radius 3 is 2.22 bits per heavy atom. The Morgan fingerprint density at radius 1 is 0.926 bits per heavy atom. The highest BCUT2D eigenvalue weighted by atomic mass is 19.1. The lowest BCUT2D eigenvalue weighted by Crippen LogP contribution is -2.37. The molecule has 0 aromatic heterocycles. The maximum atomic E-state index is 14.8. The van der Waals surface area contributed by atoms with E-state index >= 15 is 0 Å². The zero-order chi connectivity index (χ0) is 18.8. The minimum absolute atomic E-state index is 0.0460. The summed E-state index contributed by atoms with van der Waals surface area (Å²) in [6, 6.07) is 5.85. The maximum absolute atomic E-state index is 14.8. The summed E-state index contributed by atoms with van der Waals surface area (Å²) < 4.78 is 26.5. The van der Waals surface area contributed by atoms with Gasteiger partial charge in [-0.2, -0.15) is 0 Å². The third kappa shape index (κ3) is 4.43. The standard InChI is InChI=1S/C23H31FO3/c1-15-13-26-23(27-14-15)18-4-2-16(3-5-18)19-8-11-21(22(24)12-19)17-6-9-20(25)10-7-17/h8,11-12,15-18,23H,2-7,9-10,13-14H2,1H3. The molecule has 2 aliphatic carbocycles. The molecule has 1 heterocycles. The van der Waals surface area contributed by atoms with Crippen LogP contribution in [0.25, 0.3) is 0 Å². The van der Waals surface area contributed by atoms with Crippen molar-refractivity contribution in [3.05, 3.63) is 35.1 Å². The number of Topliss-reactive ketones (excluding diaryl/α,β-unsaturated/α-hetero) is 1. The van der Waals surface area contributed by atoms with Crippen LogP contribution in [0.15, 0.2) is 18.2 Å². The predicted molar refractivity (Wildman–Crippen MR) is 102 cm³/mol. The van der Waals surface area contributed by atoms with E-state index in [1.165, 1.54) is 0 Å². The number of halogens is 1. The molecule has 1 aliphatic heterocycles. The molecule has 0 atom stereocenters. The second-order valence-corrected chi connectivity index (χ2v) is 8.85. The summed E-state index contributed by atoms with van der Waals surface area (Å²) in [5.41, 5.74) is 1.93. The summed E-state index contributed by atoms with van der Waals surface area (Å²) in [5, 5.41) is 0. The average Bonchev–Trinajstić information content (AvgIpc) is 2.69. The number of ether oxygens (including phenoxy) is 2. The van der Waals surface area contributed by atoms with Crippen LogP contribution >= 0.6 is 0 Å². The molecule has 27 heavy (non-hydrogen) atoms. The summed E-state index contributed by atoms with van der Waals surface area (Å²) in [6.45, 7) is 3.74. The van der Waals surface area contributed by atoms with Gasteiger partial charge in [-0.25, -0.2) is 4.39 Å². The lowest BCUT2D eigenvalue weighted by atomic mass is 9.77. The number of ketones is 1. The molecule has 3 fully saturated rings. The van der Waals surface area contributed by atoms with Crippen LogP contribution in [0.2, 0.25) is 0 Å². The quantitative estimate of drug-likeness (QED) is 0.717. The number of hydrogen-bond acceptors (Lipinski definition) is 3. The van der Waals surface area contributed by atoms with E-state index < -0.39 is 0 Å². The zero-order valence-corrected chi connectivity index (χ0v) is 16.3. The van der Waals surface area contributed by atoms with Gasteiger partial charge in [-0.05, 0) is 67.6 Å². The fourth-order valence-corrected chi connectivity index (χ4v) is 4.99. The molecule has 1 aromatic rings. The van der Waals surface area contributed by atoms with Gasteiger partial charge in [0.05, 0.1) is 13.2 Å². The molecule has 0 amide bonds. The second-order valence-electron chi connectivity index (χ2n) is 8.85. The smallest absolute Gasteiger partial charge is 0.160 e. The van der Waals surface area contributed by atoms with Crippen LogP contribution in [0.4, 0.5) is 4.39 Å². The van der Waals surface area contributed by atoms with Crippen molar-refractivity contribution in [3.63, 3.8) is 0 Å². The van der Waals surface area contributed by atoms with Crippen LogP contribution in [0, 0.1) is 17.7 Å². The summed E-state index contributed by atoms with van der Waals surface area (Å²) in [6.07, 6.45) is 7.03. The number of carbonyl (C=O) groups excluding carboxylic acids is 1. The molecule has 148 valence electrons. The van der Waals surface area contributed by atoms with Crippen LogP contribution in [-0.2, 0) is 14.3 Å². The Balaban J connectivity index is 1.34. The SMILES string of the molecule is CC1COC(C2CCC(c3ccc(C4CCC(=O)CC4)c(F)c3)CC2)OC1. The third-order valence-electron chi connectivity index (χ3n) is 6.73. The fourth-order valence-electron chi connectivity index (χ4n) is 4.99. The van der Waals surface area contributed by atoms with E-state index in [4.69, 9.17) is 9.47 Å². The first-order chi connectivity index (χ1) is 13.1. The molecule has 3 nitrogen and oxygen atoms in total. The van der Waals surface area contributed by atoms with E-state index in [1.807, 2.05) is 6.07 Å². The molecule has 0 bridgehead atoms. The van der Waals surface area contributed by atoms with Gasteiger partial charge in [0.1, 0.15) is 11.6 Å². The van der Waals surface area contributed by atoms with Gasteiger partial charge in [0.15, 0.2) is 6.29 Å². The van der Waals surface area contributed by atoms with Gasteiger partial charge in [-0.15, -0.1) is 0 Å². The second kappa shape index (κ2) is 8.40. The summed E-state index contributed by atoms with van der Waals surface area (Å²) >= 11 is 0. The van der Waals surface area contributed by atoms with Crippen LogP contribution in [0.5, 0.6) is 0 Å². The molecular weight excluding hydrogens is 343 g/mol. The first kappa shape index (κ1) is 19.1. The van der Waals surface area contributed by atoms with Gasteiger partial charge in [-0.3, -0.25) is 4.79 Å². The van der Waals surface area contributed by atoms with Crippen molar-refractivity contribution in [1.29, 1.82) is 0 Å². The van der Waals surface area contributed by atoms with Crippen LogP contribution < -0.4 is 0 Å². The highest BCUT2D eigenvalue weighted by Crippen LogP contribution is 2.40. The molecule has 2 saturated carbocycles. The number of carbonyl (C=O) groups is 1. The average molecular weight is 374 g/mol. The van der Waals surface area contributed by atoms with E-state index in [0.717, 1.165) is 62.9 Å². The van der Waals surface area contributed by atoms with E-state index in [2.05, 4.69) is 13.0 Å². The number of benzene rings is 1. The highest BCUT2D eigenvalue weighted by Gasteiger charge is 2.32. The first-order valence-electron chi connectivity index (χ1n) is 10.6. The van der Waals surface area contributed by atoms with Crippen molar-refractivity contribution in [2.45, 2.75) is 76.4 Å². The first-order valence-corrected chi connectivity index (χ1v) is 10.6. The van der Waals surface area contributed by atoms with Crippen molar-refractivity contribution in [1.82, 2.24) is 0 Å². The highest BCUT2D eigenvalue weighted by molar-refractivity contribution is 5.79. The van der Waals surface area contributed by atoms with Gasteiger partial charge in [0.2, 0.25) is 0 Å². The Bertz CT molecular complexity index is 648. The normalized spacial score (nSPS) is 33.2. The summed E-state index contributed by atoms with van der Waals surface area (Å²) in [5.74, 6) is 1.83. The van der Waals surface area contributed by atoms with E-state index in [1.54, 1.807) is 6.07 Å². The Labute approximate surface area is 161 Å². The fraction of sp³-hybridized carbons (Fsp3) is 0.696. The molecular formula is C23H31FO3. The minimum Gasteiger partial charge on any atom is -0.352 e.